The smallest absolute Gasteiger partial charge is 0.221 e. The number of benzene rings is 1. The summed E-state index contributed by atoms with van der Waals surface area (Å²) in [5.74, 6) is -0.141. The molecule has 0 spiro atoms. The Morgan fingerprint density at radius 2 is 1.89 bits per heavy atom. The highest BCUT2D eigenvalue weighted by molar-refractivity contribution is 5.75. The largest absolute Gasteiger partial charge is 0.356 e. The lowest BCUT2D eigenvalue weighted by atomic mass is 10.2. The highest BCUT2D eigenvalue weighted by atomic mass is 19.1. The fourth-order valence-electron chi connectivity index (χ4n) is 1.73. The Bertz CT molecular complexity index is 365. The first-order valence-electron chi connectivity index (χ1n) is 6.94. The number of carbonyl (C=O) groups excluding carboxylic acids is 1. The number of nitrogens with one attached hydrogen (secondary N) is 2. The lowest BCUT2D eigenvalue weighted by Crippen LogP contribution is -2.28. The molecule has 0 radical (unpaired) electrons. The van der Waals surface area contributed by atoms with Crippen LogP contribution in [0.3, 0.4) is 0 Å². The predicted octanol–water partition coefficient (Wildman–Crippen LogP) is 2.61. The minimum Gasteiger partial charge on any atom is -0.356 e. The summed E-state index contributed by atoms with van der Waals surface area (Å²) in [5, 5.41) is 6.07. The molecular formula is C15H23FN2O. The van der Waals surface area contributed by atoms with Gasteiger partial charge in [0.05, 0.1) is 0 Å². The van der Waals surface area contributed by atoms with Crippen molar-refractivity contribution >= 4 is 5.91 Å². The van der Waals surface area contributed by atoms with Crippen molar-refractivity contribution < 1.29 is 9.18 Å². The van der Waals surface area contributed by atoms with Crippen molar-refractivity contribution in [3.63, 3.8) is 0 Å². The predicted molar refractivity (Wildman–Crippen MR) is 75.3 cm³/mol. The Kier molecular flexibility index (Phi) is 7.82. The third-order valence-electron chi connectivity index (χ3n) is 2.87. The van der Waals surface area contributed by atoms with Crippen LogP contribution in [0.4, 0.5) is 4.39 Å². The molecule has 0 aromatic heterocycles. The van der Waals surface area contributed by atoms with E-state index in [1.807, 2.05) is 0 Å². The molecule has 0 unspecified atom stereocenters. The van der Waals surface area contributed by atoms with E-state index in [2.05, 4.69) is 17.6 Å². The average molecular weight is 266 g/mol. The summed E-state index contributed by atoms with van der Waals surface area (Å²) in [7, 11) is 0. The zero-order chi connectivity index (χ0) is 13.9. The molecule has 1 aromatic rings. The van der Waals surface area contributed by atoms with E-state index < -0.39 is 0 Å². The molecule has 0 heterocycles. The van der Waals surface area contributed by atoms with Crippen LogP contribution in [0.15, 0.2) is 24.3 Å². The van der Waals surface area contributed by atoms with E-state index in [-0.39, 0.29) is 11.7 Å². The molecular weight excluding hydrogens is 243 g/mol. The van der Waals surface area contributed by atoms with Crippen LogP contribution in [0.1, 0.15) is 38.2 Å². The minimum atomic E-state index is -0.227. The molecule has 3 nitrogen and oxygen atoms in total. The summed E-state index contributed by atoms with van der Waals surface area (Å²) in [5.41, 5.74) is 1.02. The SMILES string of the molecule is CCCCCNC(=O)CCNCc1ccc(F)cc1. The monoisotopic (exact) mass is 266 g/mol. The van der Waals surface area contributed by atoms with Gasteiger partial charge in [0.15, 0.2) is 0 Å². The number of amides is 1. The zero-order valence-electron chi connectivity index (χ0n) is 11.5. The summed E-state index contributed by atoms with van der Waals surface area (Å²) < 4.78 is 12.7. The average Bonchev–Trinajstić information content (AvgIpc) is 2.42. The summed E-state index contributed by atoms with van der Waals surface area (Å²) in [4.78, 5) is 11.5. The van der Waals surface area contributed by atoms with E-state index in [9.17, 15) is 9.18 Å². The van der Waals surface area contributed by atoms with E-state index in [1.165, 1.54) is 12.1 Å². The number of hydrogen-bond donors (Lipinski definition) is 2. The highest BCUT2D eigenvalue weighted by Crippen LogP contribution is 2.01. The number of unbranched alkanes of at least 4 members (excludes halogenated alkanes) is 2. The fraction of sp³-hybridized carbons (Fsp3) is 0.533. The van der Waals surface area contributed by atoms with Gasteiger partial charge in [0.2, 0.25) is 5.91 Å². The summed E-state index contributed by atoms with van der Waals surface area (Å²) in [6.07, 6.45) is 3.84. The number of carbonyl (C=O) groups is 1. The van der Waals surface area contributed by atoms with Gasteiger partial charge in [-0.2, -0.15) is 0 Å². The van der Waals surface area contributed by atoms with E-state index in [0.717, 1.165) is 31.4 Å². The Hall–Kier alpha value is -1.42. The van der Waals surface area contributed by atoms with Gasteiger partial charge >= 0.3 is 0 Å². The molecule has 0 saturated carbocycles. The van der Waals surface area contributed by atoms with E-state index in [4.69, 9.17) is 0 Å². The number of hydrogen-bond acceptors (Lipinski definition) is 2. The van der Waals surface area contributed by atoms with Crippen molar-refractivity contribution in [3.05, 3.63) is 35.6 Å². The van der Waals surface area contributed by atoms with Crippen LogP contribution in [0.2, 0.25) is 0 Å². The van der Waals surface area contributed by atoms with Gasteiger partial charge in [-0.1, -0.05) is 31.9 Å². The van der Waals surface area contributed by atoms with E-state index >= 15 is 0 Å². The topological polar surface area (TPSA) is 41.1 Å². The maximum absolute atomic E-state index is 12.7. The molecule has 19 heavy (non-hydrogen) atoms. The van der Waals surface area contributed by atoms with Crippen LogP contribution in [0, 0.1) is 5.82 Å². The molecule has 1 amide bonds. The van der Waals surface area contributed by atoms with Crippen LogP contribution in [0.5, 0.6) is 0 Å². The minimum absolute atomic E-state index is 0.0858. The summed E-state index contributed by atoms with van der Waals surface area (Å²) >= 11 is 0. The van der Waals surface area contributed by atoms with E-state index in [0.29, 0.717) is 19.5 Å². The Morgan fingerprint density at radius 1 is 1.16 bits per heavy atom. The van der Waals surface area contributed by atoms with Crippen molar-refractivity contribution in [2.24, 2.45) is 0 Å². The van der Waals surface area contributed by atoms with Gasteiger partial charge in [0, 0.05) is 26.1 Å². The van der Waals surface area contributed by atoms with Gasteiger partial charge in [-0.25, -0.2) is 4.39 Å². The van der Waals surface area contributed by atoms with Gasteiger partial charge in [-0.15, -0.1) is 0 Å². The third-order valence-corrected chi connectivity index (χ3v) is 2.87. The fourth-order valence-corrected chi connectivity index (χ4v) is 1.73. The van der Waals surface area contributed by atoms with Crippen LogP contribution < -0.4 is 10.6 Å². The van der Waals surface area contributed by atoms with Gasteiger partial charge in [-0.3, -0.25) is 4.79 Å². The normalized spacial score (nSPS) is 10.4. The molecule has 0 fully saturated rings. The van der Waals surface area contributed by atoms with Crippen molar-refractivity contribution in [3.8, 4) is 0 Å². The first kappa shape index (κ1) is 15.6. The molecule has 2 N–H and O–H groups in total. The molecule has 0 aliphatic heterocycles. The number of rotatable bonds is 9. The van der Waals surface area contributed by atoms with E-state index in [1.54, 1.807) is 12.1 Å². The molecule has 0 atom stereocenters. The maximum atomic E-state index is 12.7. The molecule has 4 heteroatoms. The van der Waals surface area contributed by atoms with Gasteiger partial charge in [-0.05, 0) is 24.1 Å². The molecule has 0 saturated heterocycles. The first-order chi connectivity index (χ1) is 9.22. The molecule has 0 bridgehead atoms. The highest BCUT2D eigenvalue weighted by Gasteiger charge is 2.00. The van der Waals surface area contributed by atoms with Crippen LogP contribution >= 0.6 is 0 Å². The maximum Gasteiger partial charge on any atom is 0.221 e. The van der Waals surface area contributed by atoms with Crippen molar-refractivity contribution in [2.45, 2.75) is 39.2 Å². The first-order valence-corrected chi connectivity index (χ1v) is 6.94. The molecule has 1 aromatic carbocycles. The zero-order valence-corrected chi connectivity index (χ0v) is 11.5. The third kappa shape index (κ3) is 7.57. The van der Waals surface area contributed by atoms with Gasteiger partial charge < -0.3 is 10.6 Å². The molecule has 0 aliphatic carbocycles. The Labute approximate surface area is 114 Å². The van der Waals surface area contributed by atoms with Crippen molar-refractivity contribution in [1.82, 2.24) is 10.6 Å². The van der Waals surface area contributed by atoms with Crippen LogP contribution in [-0.2, 0) is 11.3 Å². The summed E-state index contributed by atoms with van der Waals surface area (Å²) in [6, 6.07) is 6.37. The summed E-state index contributed by atoms with van der Waals surface area (Å²) in [6.45, 7) is 4.20. The molecule has 1 rings (SSSR count). The molecule has 106 valence electrons. The second kappa shape index (κ2) is 9.50. The van der Waals surface area contributed by atoms with Gasteiger partial charge in [0.25, 0.3) is 0 Å². The lowest BCUT2D eigenvalue weighted by Gasteiger charge is -2.06. The van der Waals surface area contributed by atoms with Crippen LogP contribution in [0.25, 0.3) is 0 Å². The van der Waals surface area contributed by atoms with Crippen molar-refractivity contribution in [2.75, 3.05) is 13.1 Å². The van der Waals surface area contributed by atoms with Gasteiger partial charge in [0.1, 0.15) is 5.82 Å². The second-order valence-electron chi connectivity index (χ2n) is 4.61. The second-order valence-corrected chi connectivity index (χ2v) is 4.61. The Morgan fingerprint density at radius 3 is 2.58 bits per heavy atom. The van der Waals surface area contributed by atoms with Crippen molar-refractivity contribution in [1.29, 1.82) is 0 Å². The Balaban J connectivity index is 2.03. The number of halogens is 1. The van der Waals surface area contributed by atoms with Crippen LogP contribution in [-0.4, -0.2) is 19.0 Å². The standard InChI is InChI=1S/C15H23FN2O/c1-2-3-4-10-18-15(19)9-11-17-12-13-5-7-14(16)8-6-13/h5-8,17H,2-4,9-12H2,1H3,(H,18,19). The quantitative estimate of drug-likeness (QED) is 0.675. The molecule has 0 aliphatic rings. The lowest BCUT2D eigenvalue weighted by molar-refractivity contribution is -0.121.